The zero-order valence-corrected chi connectivity index (χ0v) is 11.7. The molecule has 0 aliphatic rings. The number of aliphatic hydroxyl groups is 3. The number of hydrogen-bond acceptors (Lipinski definition) is 5. The zero-order valence-electron chi connectivity index (χ0n) is 11.7. The van der Waals surface area contributed by atoms with E-state index in [0.717, 1.165) is 16.3 Å². The average Bonchev–Trinajstić information content (AvgIpc) is 2.92. The summed E-state index contributed by atoms with van der Waals surface area (Å²) in [5.74, 6) is -0.392. The molecule has 114 valence electrons. The summed E-state index contributed by atoms with van der Waals surface area (Å²) in [4.78, 5) is 19.6. The molecule has 6 heteroatoms. The SMILES string of the molecule is O=C(CC(O)C(O)CO)c1nccc2c1[nH]c1ccccc12. The minimum atomic E-state index is -1.34. The second kappa shape index (κ2) is 5.84. The molecule has 0 saturated heterocycles. The van der Waals surface area contributed by atoms with Gasteiger partial charge in [0.05, 0.1) is 18.2 Å². The third kappa shape index (κ3) is 2.48. The Morgan fingerprint density at radius 1 is 1.14 bits per heavy atom. The smallest absolute Gasteiger partial charge is 0.186 e. The summed E-state index contributed by atoms with van der Waals surface area (Å²) >= 11 is 0. The number of carbonyl (C=O) groups is 1. The van der Waals surface area contributed by atoms with Crippen LogP contribution in [-0.4, -0.2) is 49.9 Å². The molecule has 2 atom stereocenters. The van der Waals surface area contributed by atoms with Gasteiger partial charge in [-0.1, -0.05) is 18.2 Å². The monoisotopic (exact) mass is 300 g/mol. The zero-order chi connectivity index (χ0) is 15.7. The van der Waals surface area contributed by atoms with Crippen molar-refractivity contribution in [2.75, 3.05) is 6.61 Å². The van der Waals surface area contributed by atoms with Gasteiger partial charge in [0.25, 0.3) is 0 Å². The molecule has 3 aromatic rings. The number of hydrogen-bond donors (Lipinski definition) is 4. The first-order valence-corrected chi connectivity index (χ1v) is 6.97. The summed E-state index contributed by atoms with van der Waals surface area (Å²) in [5, 5.41) is 29.7. The summed E-state index contributed by atoms with van der Waals surface area (Å²) in [6.45, 7) is -0.599. The van der Waals surface area contributed by atoms with Crippen LogP contribution < -0.4 is 0 Å². The number of rotatable bonds is 5. The number of fused-ring (bicyclic) bond motifs is 3. The summed E-state index contributed by atoms with van der Waals surface area (Å²) < 4.78 is 0. The molecule has 0 saturated carbocycles. The van der Waals surface area contributed by atoms with E-state index in [9.17, 15) is 15.0 Å². The number of pyridine rings is 1. The van der Waals surface area contributed by atoms with Crippen LogP contribution in [0.5, 0.6) is 0 Å². The molecule has 1 aromatic carbocycles. The van der Waals surface area contributed by atoms with E-state index in [1.165, 1.54) is 0 Å². The van der Waals surface area contributed by atoms with E-state index in [1.54, 1.807) is 6.20 Å². The molecule has 0 spiro atoms. The highest BCUT2D eigenvalue weighted by Gasteiger charge is 2.22. The van der Waals surface area contributed by atoms with Gasteiger partial charge in [0.1, 0.15) is 11.8 Å². The van der Waals surface area contributed by atoms with Gasteiger partial charge in [-0.3, -0.25) is 9.78 Å². The average molecular weight is 300 g/mol. The van der Waals surface area contributed by atoms with E-state index >= 15 is 0 Å². The first-order valence-electron chi connectivity index (χ1n) is 6.97. The highest BCUT2D eigenvalue weighted by Crippen LogP contribution is 2.27. The van der Waals surface area contributed by atoms with Gasteiger partial charge in [-0.15, -0.1) is 0 Å². The van der Waals surface area contributed by atoms with Crippen molar-refractivity contribution in [2.24, 2.45) is 0 Å². The van der Waals surface area contributed by atoms with E-state index < -0.39 is 24.6 Å². The van der Waals surface area contributed by atoms with Crippen molar-refractivity contribution in [3.05, 3.63) is 42.2 Å². The Morgan fingerprint density at radius 3 is 2.68 bits per heavy atom. The summed E-state index contributed by atoms with van der Waals surface area (Å²) in [7, 11) is 0. The number of carbonyl (C=O) groups excluding carboxylic acids is 1. The van der Waals surface area contributed by atoms with E-state index in [1.807, 2.05) is 30.3 Å². The number of aliphatic hydroxyl groups excluding tert-OH is 3. The highest BCUT2D eigenvalue weighted by atomic mass is 16.4. The van der Waals surface area contributed by atoms with E-state index in [0.29, 0.717) is 5.52 Å². The van der Waals surface area contributed by atoms with Crippen molar-refractivity contribution in [3.8, 4) is 0 Å². The van der Waals surface area contributed by atoms with Gasteiger partial charge in [-0.2, -0.15) is 0 Å². The number of ketones is 1. The predicted octanol–water partition coefficient (Wildman–Crippen LogP) is 1.00. The molecular formula is C16H16N2O4. The Balaban J connectivity index is 2.02. The van der Waals surface area contributed by atoms with Crippen molar-refractivity contribution in [1.29, 1.82) is 0 Å². The number of nitrogens with zero attached hydrogens (tertiary/aromatic N) is 1. The first kappa shape index (κ1) is 14.6. The first-order chi connectivity index (χ1) is 10.6. The van der Waals surface area contributed by atoms with E-state index in [4.69, 9.17) is 5.11 Å². The maximum absolute atomic E-state index is 12.3. The number of aromatic nitrogens is 2. The van der Waals surface area contributed by atoms with Crippen LogP contribution in [0.1, 0.15) is 16.9 Å². The quantitative estimate of drug-likeness (QED) is 0.526. The summed E-state index contributed by atoms with van der Waals surface area (Å²) in [5.41, 5.74) is 1.73. The number of nitrogens with one attached hydrogen (secondary N) is 1. The third-order valence-corrected chi connectivity index (χ3v) is 3.72. The van der Waals surface area contributed by atoms with E-state index in [-0.39, 0.29) is 12.1 Å². The number of benzene rings is 1. The van der Waals surface area contributed by atoms with Gasteiger partial charge in [-0.25, -0.2) is 0 Å². The fourth-order valence-corrected chi connectivity index (χ4v) is 2.53. The fraction of sp³-hybridized carbons (Fsp3) is 0.250. The molecule has 2 heterocycles. The number of Topliss-reactive ketones (excluding diaryl/α,β-unsaturated/α-hetero) is 1. The van der Waals surface area contributed by atoms with Crippen LogP contribution in [0.15, 0.2) is 36.5 Å². The van der Waals surface area contributed by atoms with Crippen molar-refractivity contribution < 1.29 is 20.1 Å². The fourth-order valence-electron chi connectivity index (χ4n) is 2.53. The van der Waals surface area contributed by atoms with Gasteiger partial charge < -0.3 is 20.3 Å². The second-order valence-corrected chi connectivity index (χ2v) is 5.20. The molecule has 0 amide bonds. The molecule has 0 bridgehead atoms. The Kier molecular flexibility index (Phi) is 3.89. The van der Waals surface area contributed by atoms with Crippen molar-refractivity contribution >= 4 is 27.6 Å². The topological polar surface area (TPSA) is 106 Å². The van der Waals surface area contributed by atoms with Crippen LogP contribution >= 0.6 is 0 Å². The molecule has 6 nitrogen and oxygen atoms in total. The molecule has 2 aromatic heterocycles. The minimum Gasteiger partial charge on any atom is -0.394 e. The van der Waals surface area contributed by atoms with Crippen LogP contribution in [0, 0.1) is 0 Å². The molecule has 2 unspecified atom stereocenters. The number of aromatic amines is 1. The normalized spacial score (nSPS) is 14.3. The van der Waals surface area contributed by atoms with Gasteiger partial charge in [0.2, 0.25) is 0 Å². The van der Waals surface area contributed by atoms with Crippen LogP contribution in [0.2, 0.25) is 0 Å². The van der Waals surface area contributed by atoms with E-state index in [2.05, 4.69) is 9.97 Å². The Morgan fingerprint density at radius 2 is 1.91 bits per heavy atom. The Labute approximate surface area is 126 Å². The van der Waals surface area contributed by atoms with Crippen molar-refractivity contribution in [1.82, 2.24) is 9.97 Å². The molecular weight excluding hydrogens is 284 g/mol. The summed E-state index contributed by atoms with van der Waals surface area (Å²) in [6.07, 6.45) is -1.42. The third-order valence-electron chi connectivity index (χ3n) is 3.72. The van der Waals surface area contributed by atoms with Crippen LogP contribution in [0.4, 0.5) is 0 Å². The minimum absolute atomic E-state index is 0.220. The second-order valence-electron chi connectivity index (χ2n) is 5.20. The van der Waals surface area contributed by atoms with Gasteiger partial charge in [-0.05, 0) is 12.1 Å². The number of H-pyrrole nitrogens is 1. The lowest BCUT2D eigenvalue weighted by molar-refractivity contribution is -0.0147. The Bertz CT molecular complexity index is 827. The predicted molar refractivity (Wildman–Crippen MR) is 81.6 cm³/mol. The Hall–Kier alpha value is -2.28. The maximum atomic E-state index is 12.3. The largest absolute Gasteiger partial charge is 0.394 e. The van der Waals surface area contributed by atoms with Crippen LogP contribution in [0.3, 0.4) is 0 Å². The maximum Gasteiger partial charge on any atom is 0.186 e. The molecule has 0 radical (unpaired) electrons. The molecule has 0 fully saturated rings. The molecule has 0 aliphatic carbocycles. The highest BCUT2D eigenvalue weighted by molar-refractivity contribution is 6.14. The number of para-hydroxylation sites is 1. The molecule has 0 aliphatic heterocycles. The van der Waals surface area contributed by atoms with Gasteiger partial charge in [0.15, 0.2) is 5.78 Å². The standard InChI is InChI=1S/C16H16N2O4/c19-8-14(22)12(20)7-13(21)16-15-10(5-6-17-16)9-3-1-2-4-11(9)18-15/h1-6,12,14,18-20,22H,7-8H2. The summed E-state index contributed by atoms with van der Waals surface area (Å²) in [6, 6.07) is 9.50. The van der Waals surface area contributed by atoms with Gasteiger partial charge in [0, 0.05) is 28.9 Å². The van der Waals surface area contributed by atoms with Crippen LogP contribution in [-0.2, 0) is 0 Å². The lowest BCUT2D eigenvalue weighted by atomic mass is 10.0. The van der Waals surface area contributed by atoms with Crippen LogP contribution in [0.25, 0.3) is 21.8 Å². The van der Waals surface area contributed by atoms with Gasteiger partial charge >= 0.3 is 0 Å². The molecule has 4 N–H and O–H groups in total. The lowest BCUT2D eigenvalue weighted by Crippen LogP contribution is -2.31. The lowest BCUT2D eigenvalue weighted by Gasteiger charge is -2.14. The molecule has 3 rings (SSSR count). The van der Waals surface area contributed by atoms with Crippen molar-refractivity contribution in [2.45, 2.75) is 18.6 Å². The molecule has 22 heavy (non-hydrogen) atoms. The van der Waals surface area contributed by atoms with Crippen molar-refractivity contribution in [3.63, 3.8) is 0 Å².